The van der Waals surface area contributed by atoms with E-state index in [0.717, 1.165) is 128 Å². The van der Waals surface area contributed by atoms with Crippen LogP contribution in [0.4, 0.5) is 0 Å². The van der Waals surface area contributed by atoms with E-state index < -0.39 is 26.5 Å². The molecule has 3 N–H and O–H groups in total. The van der Waals surface area contributed by atoms with Crippen LogP contribution in [0.25, 0.3) is 0 Å². The molecule has 9 nitrogen and oxygen atoms in total. The summed E-state index contributed by atoms with van der Waals surface area (Å²) in [7, 11) is -4.41. The lowest BCUT2D eigenvalue weighted by Gasteiger charge is -2.19. The maximum absolute atomic E-state index is 12.8. The summed E-state index contributed by atoms with van der Waals surface area (Å²) in [6.45, 7) is 3.62. The maximum atomic E-state index is 12.8. The number of allylic oxidation sites excluding steroid dienone is 24. The molecule has 2 unspecified atom stereocenters. The van der Waals surface area contributed by atoms with E-state index in [4.69, 9.17) is 24.3 Å². The van der Waals surface area contributed by atoms with Crippen LogP contribution in [0.5, 0.6) is 0 Å². The first kappa shape index (κ1) is 84.9. The van der Waals surface area contributed by atoms with E-state index >= 15 is 0 Å². The minimum Gasteiger partial charge on any atom is -0.462 e. The van der Waals surface area contributed by atoms with Gasteiger partial charge in [0.2, 0.25) is 0 Å². The van der Waals surface area contributed by atoms with Crippen LogP contribution in [0.3, 0.4) is 0 Å². The van der Waals surface area contributed by atoms with Gasteiger partial charge in [-0.15, -0.1) is 0 Å². The van der Waals surface area contributed by atoms with Crippen molar-refractivity contribution in [2.75, 3.05) is 26.4 Å². The highest BCUT2D eigenvalue weighted by Gasteiger charge is 2.26. The fourth-order valence-electron chi connectivity index (χ4n) is 9.87. The van der Waals surface area contributed by atoms with Gasteiger partial charge in [0.05, 0.1) is 13.2 Å². The van der Waals surface area contributed by atoms with Gasteiger partial charge in [0.15, 0.2) is 6.10 Å². The highest BCUT2D eigenvalue weighted by atomic mass is 31.2. The van der Waals surface area contributed by atoms with Crippen molar-refractivity contribution in [1.29, 1.82) is 0 Å². The number of rotatable bonds is 67. The third-order valence-corrected chi connectivity index (χ3v) is 16.2. The topological polar surface area (TPSA) is 134 Å². The normalized spacial score (nSPS) is 13.8. The number of phosphoric acid groups is 1. The fourth-order valence-corrected chi connectivity index (χ4v) is 10.6. The number of carbonyl (C=O) groups excluding carboxylic acids is 2. The lowest BCUT2D eigenvalue weighted by Crippen LogP contribution is -2.29. The molecule has 508 valence electrons. The number of phosphoric ester groups is 1. The van der Waals surface area contributed by atoms with Crippen LogP contribution in [0.1, 0.15) is 309 Å². The Bertz CT molecular complexity index is 1970. The Labute approximate surface area is 547 Å². The largest absolute Gasteiger partial charge is 0.472 e. The average molecular weight is 1260 g/mol. The molecule has 0 aromatic carbocycles. The third-order valence-electron chi connectivity index (χ3n) is 15.2. The molecule has 0 aliphatic heterocycles. The Balaban J connectivity index is 3.95. The van der Waals surface area contributed by atoms with Gasteiger partial charge in [0.1, 0.15) is 6.61 Å². The zero-order valence-corrected chi connectivity index (χ0v) is 58.0. The first-order valence-electron chi connectivity index (χ1n) is 36.3. The lowest BCUT2D eigenvalue weighted by molar-refractivity contribution is -0.161. The highest BCUT2D eigenvalue weighted by molar-refractivity contribution is 7.47. The summed E-state index contributed by atoms with van der Waals surface area (Å²) in [6.07, 6.45) is 105. The molecule has 89 heavy (non-hydrogen) atoms. The minimum atomic E-state index is -4.41. The molecule has 0 radical (unpaired) electrons. The van der Waals surface area contributed by atoms with Crippen molar-refractivity contribution >= 4 is 19.8 Å². The number of carbonyl (C=O) groups is 2. The lowest BCUT2D eigenvalue weighted by atomic mass is 10.0. The fraction of sp³-hybridized carbons (Fsp3) is 0.671. The molecule has 0 fully saturated rings. The third kappa shape index (κ3) is 72.8. The summed E-state index contributed by atoms with van der Waals surface area (Å²) in [5.41, 5.74) is 5.40. The average Bonchev–Trinajstić information content (AvgIpc) is 3.68. The van der Waals surface area contributed by atoms with Gasteiger partial charge in [-0.25, -0.2) is 4.57 Å². The summed E-state index contributed by atoms with van der Waals surface area (Å²) < 4.78 is 33.2. The van der Waals surface area contributed by atoms with E-state index in [-0.39, 0.29) is 38.6 Å². The van der Waals surface area contributed by atoms with Gasteiger partial charge < -0.3 is 20.1 Å². The molecular formula is C79H134NO8P. The second-order valence-electron chi connectivity index (χ2n) is 23.7. The maximum Gasteiger partial charge on any atom is 0.472 e. The van der Waals surface area contributed by atoms with E-state index in [2.05, 4.69) is 160 Å². The Hall–Kier alpha value is -4.11. The smallest absolute Gasteiger partial charge is 0.462 e. The van der Waals surface area contributed by atoms with Gasteiger partial charge in [0.25, 0.3) is 0 Å². The summed E-state index contributed by atoms with van der Waals surface area (Å²) in [5, 5.41) is 0. The zero-order chi connectivity index (χ0) is 64.4. The molecule has 2 atom stereocenters. The number of esters is 2. The standard InChI is InChI=1S/C79H134NO8P/c1-3-5-7-9-11-13-15-17-19-21-23-25-27-29-31-33-35-36-37-38-39-40-42-44-46-48-50-52-54-56-58-60-62-64-66-68-70-72-79(82)88-77(76-87-89(83,84)86-74-73-80)75-85-78(81)71-69-67-65-63-61-59-57-55-53-51-49-47-45-43-41-34-32-30-28-26-24-22-20-18-16-14-12-10-8-6-4-2/h5,7,11,13,16-19,22-25,29,31,35-36,38-39,42,44,48,50,54,56,77H,3-4,6,8-10,12,14-15,20-21,26-28,30,32-34,37,40-41,43,45-47,49,51-53,55,57-76,80H2,1-2H3,(H,83,84)/b7-5-,13-11-,18-16-,19-17-,24-22-,25-23-,31-29-,36-35-,39-38-,44-42-,50-48-,56-54-. The second-order valence-corrected chi connectivity index (χ2v) is 25.2. The molecule has 0 saturated carbocycles. The van der Waals surface area contributed by atoms with E-state index in [1.54, 1.807) is 0 Å². The molecule has 0 aromatic rings. The van der Waals surface area contributed by atoms with Crippen molar-refractivity contribution in [3.05, 3.63) is 146 Å². The van der Waals surface area contributed by atoms with Crippen molar-refractivity contribution in [2.24, 2.45) is 5.73 Å². The summed E-state index contributed by atoms with van der Waals surface area (Å²) in [5.74, 6) is -0.844. The molecule has 0 rings (SSSR count). The molecule has 0 saturated heterocycles. The Morgan fingerprint density at radius 2 is 0.618 bits per heavy atom. The van der Waals surface area contributed by atoms with Crippen molar-refractivity contribution in [3.63, 3.8) is 0 Å². The molecule has 0 aliphatic carbocycles. The molecular weight excluding hydrogens is 1120 g/mol. The van der Waals surface area contributed by atoms with Gasteiger partial charge in [-0.1, -0.05) is 320 Å². The van der Waals surface area contributed by atoms with Crippen LogP contribution in [0, 0.1) is 0 Å². The number of hydrogen-bond donors (Lipinski definition) is 2. The molecule has 0 aliphatic rings. The van der Waals surface area contributed by atoms with Crippen LogP contribution in [0.2, 0.25) is 0 Å². The van der Waals surface area contributed by atoms with E-state index in [9.17, 15) is 19.0 Å². The monoisotopic (exact) mass is 1260 g/mol. The summed E-state index contributed by atoms with van der Waals surface area (Å²) in [4.78, 5) is 35.4. The Kier molecular flexibility index (Phi) is 69.6. The van der Waals surface area contributed by atoms with Crippen LogP contribution in [-0.4, -0.2) is 49.3 Å². The highest BCUT2D eigenvalue weighted by Crippen LogP contribution is 2.43. The summed E-state index contributed by atoms with van der Waals surface area (Å²) >= 11 is 0. The molecule has 10 heteroatoms. The van der Waals surface area contributed by atoms with Crippen LogP contribution >= 0.6 is 7.82 Å². The van der Waals surface area contributed by atoms with Gasteiger partial charge in [-0.2, -0.15) is 0 Å². The molecule has 0 spiro atoms. The van der Waals surface area contributed by atoms with Crippen molar-refractivity contribution in [3.8, 4) is 0 Å². The van der Waals surface area contributed by atoms with E-state index in [1.165, 1.54) is 148 Å². The first-order chi connectivity index (χ1) is 43.8. The molecule has 0 amide bonds. The van der Waals surface area contributed by atoms with Crippen LogP contribution in [0.15, 0.2) is 146 Å². The predicted molar refractivity (Wildman–Crippen MR) is 385 cm³/mol. The van der Waals surface area contributed by atoms with E-state index in [1.807, 2.05) is 0 Å². The van der Waals surface area contributed by atoms with E-state index in [0.29, 0.717) is 6.42 Å². The van der Waals surface area contributed by atoms with Gasteiger partial charge in [-0.3, -0.25) is 18.6 Å². The minimum absolute atomic E-state index is 0.0447. The number of ether oxygens (including phenoxy) is 2. The summed E-state index contributed by atoms with van der Waals surface area (Å²) in [6, 6.07) is 0. The number of nitrogens with two attached hydrogens (primary N) is 1. The van der Waals surface area contributed by atoms with Gasteiger partial charge in [0, 0.05) is 19.4 Å². The van der Waals surface area contributed by atoms with Crippen molar-refractivity contribution < 1.29 is 37.6 Å². The Morgan fingerprint density at radius 3 is 0.921 bits per heavy atom. The molecule has 0 bridgehead atoms. The first-order valence-corrected chi connectivity index (χ1v) is 37.8. The van der Waals surface area contributed by atoms with Gasteiger partial charge in [-0.05, 0) is 122 Å². The predicted octanol–water partition coefficient (Wildman–Crippen LogP) is 24.2. The SMILES string of the molecule is CC/C=C\C/C=C\C/C=C\C/C=C\C/C=C\C/C=C\C/C=C\C/C=C\C/C=C\C/C=C\CCCCCCCCC(=O)OC(COC(=O)CCCCCCCCCCCCCCCCCCCCC/C=C\C/C=C\CCCCCCC)COP(=O)(O)OCCN. The quantitative estimate of drug-likeness (QED) is 0.0264. The van der Waals surface area contributed by atoms with Crippen molar-refractivity contribution in [1.82, 2.24) is 0 Å². The van der Waals surface area contributed by atoms with Crippen LogP contribution in [-0.2, 0) is 32.7 Å². The van der Waals surface area contributed by atoms with Crippen molar-refractivity contribution in [2.45, 2.75) is 315 Å². The molecule has 0 aromatic heterocycles. The number of unbranched alkanes of at least 4 members (excludes halogenated alkanes) is 30. The number of hydrogen-bond acceptors (Lipinski definition) is 8. The van der Waals surface area contributed by atoms with Gasteiger partial charge >= 0.3 is 19.8 Å². The zero-order valence-electron chi connectivity index (χ0n) is 57.1. The molecule has 0 heterocycles. The second kappa shape index (κ2) is 72.9. The van der Waals surface area contributed by atoms with Crippen LogP contribution < -0.4 is 5.73 Å². The Morgan fingerprint density at radius 1 is 0.348 bits per heavy atom.